The average Bonchev–Trinajstić information content (AvgIpc) is 3.48. The summed E-state index contributed by atoms with van der Waals surface area (Å²) in [7, 11) is 1.86. The first-order valence-electron chi connectivity index (χ1n) is 9.61. The highest BCUT2D eigenvalue weighted by Crippen LogP contribution is 2.32. The molecule has 8 heteroatoms. The van der Waals surface area contributed by atoms with E-state index in [2.05, 4.69) is 56.0 Å². The lowest BCUT2D eigenvalue weighted by Crippen LogP contribution is -2.32. The molecule has 1 saturated heterocycles. The summed E-state index contributed by atoms with van der Waals surface area (Å²) in [5.41, 5.74) is 8.63. The number of rotatable bonds is 7. The van der Waals surface area contributed by atoms with E-state index in [4.69, 9.17) is 0 Å². The predicted octanol–water partition coefficient (Wildman–Crippen LogP) is 5.09. The maximum Gasteiger partial charge on any atom is 0.273 e. The summed E-state index contributed by atoms with van der Waals surface area (Å²) in [6.45, 7) is 0.727. The van der Waals surface area contributed by atoms with Crippen LogP contribution in [0, 0.1) is 0 Å². The first kappa shape index (κ1) is 20.7. The molecule has 2 unspecified atom stereocenters. The second-order valence-electron chi connectivity index (χ2n) is 7.22. The van der Waals surface area contributed by atoms with E-state index < -0.39 is 0 Å². The molecule has 0 bridgehead atoms. The summed E-state index contributed by atoms with van der Waals surface area (Å²) in [6.07, 6.45) is 3.05. The molecule has 1 fully saturated rings. The smallest absolute Gasteiger partial charge is 0.273 e. The largest absolute Gasteiger partial charge is 0.340 e. The Balaban J connectivity index is 1.24. The standard InChI is InChI=1S/C21H23BrN4OS2/c1-26(21(27)18-13-29-20(23-18)19-10-15(22)12-28-19)9-5-8-16-11-17(25-24-16)14-6-3-2-4-7-14/h2-4,6-7,10,12-13,16-17,24-25H,5,8-9,11H2,1H3. The van der Waals surface area contributed by atoms with E-state index in [0.29, 0.717) is 17.8 Å². The Labute approximate surface area is 187 Å². The number of benzene rings is 1. The third-order valence-corrected chi connectivity index (χ3v) is 7.78. The monoisotopic (exact) mass is 490 g/mol. The third kappa shape index (κ3) is 5.13. The van der Waals surface area contributed by atoms with Crippen LogP contribution in [-0.2, 0) is 0 Å². The normalized spacial score (nSPS) is 18.8. The van der Waals surface area contributed by atoms with Crippen LogP contribution in [0.2, 0.25) is 0 Å². The fourth-order valence-corrected chi connectivity index (χ4v) is 5.80. The first-order chi connectivity index (χ1) is 14.1. The molecular weight excluding hydrogens is 468 g/mol. The zero-order valence-electron chi connectivity index (χ0n) is 16.1. The van der Waals surface area contributed by atoms with Crippen molar-refractivity contribution in [1.29, 1.82) is 0 Å². The molecule has 1 aliphatic heterocycles. The minimum atomic E-state index is -0.0113. The molecule has 5 nitrogen and oxygen atoms in total. The number of thiazole rings is 1. The Kier molecular flexibility index (Phi) is 6.77. The fraction of sp³-hybridized carbons (Fsp3) is 0.333. The molecule has 3 heterocycles. The van der Waals surface area contributed by atoms with Crippen LogP contribution in [-0.4, -0.2) is 35.4 Å². The van der Waals surface area contributed by atoms with Gasteiger partial charge in [-0.3, -0.25) is 15.6 Å². The van der Waals surface area contributed by atoms with E-state index in [1.165, 1.54) is 16.9 Å². The van der Waals surface area contributed by atoms with Crippen LogP contribution in [0.25, 0.3) is 9.88 Å². The van der Waals surface area contributed by atoms with Crippen molar-refractivity contribution in [2.75, 3.05) is 13.6 Å². The number of carbonyl (C=O) groups excluding carboxylic acids is 1. The van der Waals surface area contributed by atoms with Gasteiger partial charge in [-0.25, -0.2) is 4.98 Å². The van der Waals surface area contributed by atoms with Gasteiger partial charge in [0.2, 0.25) is 0 Å². The average molecular weight is 491 g/mol. The maximum atomic E-state index is 12.7. The summed E-state index contributed by atoms with van der Waals surface area (Å²) >= 11 is 6.61. The molecule has 0 radical (unpaired) electrons. The number of carbonyl (C=O) groups is 1. The number of nitrogens with one attached hydrogen (secondary N) is 2. The molecule has 4 rings (SSSR count). The predicted molar refractivity (Wildman–Crippen MR) is 123 cm³/mol. The molecule has 1 aliphatic rings. The van der Waals surface area contributed by atoms with Crippen LogP contribution >= 0.6 is 38.6 Å². The van der Waals surface area contributed by atoms with E-state index >= 15 is 0 Å². The quantitative estimate of drug-likeness (QED) is 0.483. The summed E-state index contributed by atoms with van der Waals surface area (Å²) in [5, 5.41) is 4.78. The topological polar surface area (TPSA) is 57.3 Å². The molecule has 1 aromatic carbocycles. The van der Waals surface area contributed by atoms with Gasteiger partial charge in [-0.1, -0.05) is 30.3 Å². The van der Waals surface area contributed by atoms with Gasteiger partial charge >= 0.3 is 0 Å². The van der Waals surface area contributed by atoms with Crippen LogP contribution in [0.15, 0.2) is 51.6 Å². The van der Waals surface area contributed by atoms with E-state index in [0.717, 1.165) is 40.2 Å². The summed E-state index contributed by atoms with van der Waals surface area (Å²) in [5.74, 6) is -0.0113. The maximum absolute atomic E-state index is 12.7. The highest BCUT2D eigenvalue weighted by molar-refractivity contribution is 9.10. The van der Waals surface area contributed by atoms with E-state index in [1.54, 1.807) is 16.2 Å². The number of hydrazine groups is 1. The molecule has 2 atom stereocenters. The van der Waals surface area contributed by atoms with Gasteiger partial charge in [0.05, 0.1) is 4.88 Å². The van der Waals surface area contributed by atoms with Crippen molar-refractivity contribution in [3.8, 4) is 9.88 Å². The number of hydrogen-bond acceptors (Lipinski definition) is 6. The summed E-state index contributed by atoms with van der Waals surface area (Å²) in [4.78, 5) is 20.1. The van der Waals surface area contributed by atoms with Gasteiger partial charge in [-0.05, 0) is 46.8 Å². The van der Waals surface area contributed by atoms with Crippen molar-refractivity contribution in [2.45, 2.75) is 31.3 Å². The van der Waals surface area contributed by atoms with Crippen LogP contribution < -0.4 is 10.9 Å². The van der Waals surface area contributed by atoms with E-state index in [9.17, 15) is 4.79 Å². The van der Waals surface area contributed by atoms with Crippen molar-refractivity contribution < 1.29 is 4.79 Å². The van der Waals surface area contributed by atoms with Crippen LogP contribution in [0.5, 0.6) is 0 Å². The third-order valence-electron chi connectivity index (χ3n) is 5.08. The SMILES string of the molecule is CN(CCCC1CC(c2ccccc2)NN1)C(=O)c1csc(-c2cc(Br)cs2)n1. The number of nitrogens with zero attached hydrogens (tertiary/aromatic N) is 2. The Morgan fingerprint density at radius 3 is 2.83 bits per heavy atom. The minimum absolute atomic E-state index is 0.0113. The number of aromatic nitrogens is 1. The molecule has 29 heavy (non-hydrogen) atoms. The highest BCUT2D eigenvalue weighted by atomic mass is 79.9. The van der Waals surface area contributed by atoms with Crippen LogP contribution in [0.3, 0.4) is 0 Å². The van der Waals surface area contributed by atoms with Crippen molar-refractivity contribution in [2.24, 2.45) is 0 Å². The van der Waals surface area contributed by atoms with Gasteiger partial charge in [0.25, 0.3) is 5.91 Å². The van der Waals surface area contributed by atoms with Crippen molar-refractivity contribution in [3.05, 3.63) is 62.9 Å². The number of amides is 1. The first-order valence-corrected chi connectivity index (χ1v) is 12.2. The zero-order chi connectivity index (χ0) is 20.2. The Bertz CT molecular complexity index is 959. The Hall–Kier alpha value is -1.58. The van der Waals surface area contributed by atoms with Crippen LogP contribution in [0.1, 0.15) is 41.4 Å². The van der Waals surface area contributed by atoms with Gasteiger partial charge in [0, 0.05) is 40.9 Å². The molecule has 152 valence electrons. The lowest BCUT2D eigenvalue weighted by molar-refractivity contribution is 0.0787. The van der Waals surface area contributed by atoms with Crippen LogP contribution in [0.4, 0.5) is 0 Å². The lowest BCUT2D eigenvalue weighted by atomic mass is 10.00. The lowest BCUT2D eigenvalue weighted by Gasteiger charge is -2.17. The van der Waals surface area contributed by atoms with Gasteiger partial charge in [-0.2, -0.15) is 0 Å². The second kappa shape index (κ2) is 9.49. The van der Waals surface area contributed by atoms with Crippen molar-refractivity contribution >= 4 is 44.5 Å². The molecular formula is C21H23BrN4OS2. The molecule has 1 amide bonds. The number of hydrogen-bond donors (Lipinski definition) is 2. The second-order valence-corrected chi connectivity index (χ2v) is 9.91. The summed E-state index contributed by atoms with van der Waals surface area (Å²) in [6, 6.07) is 13.3. The van der Waals surface area contributed by atoms with E-state index in [-0.39, 0.29) is 5.91 Å². The Morgan fingerprint density at radius 1 is 1.24 bits per heavy atom. The van der Waals surface area contributed by atoms with Gasteiger partial charge in [-0.15, -0.1) is 22.7 Å². The van der Waals surface area contributed by atoms with Gasteiger partial charge < -0.3 is 4.90 Å². The van der Waals surface area contributed by atoms with Gasteiger partial charge in [0.15, 0.2) is 0 Å². The zero-order valence-corrected chi connectivity index (χ0v) is 19.3. The van der Waals surface area contributed by atoms with Crippen molar-refractivity contribution in [3.63, 3.8) is 0 Å². The van der Waals surface area contributed by atoms with Gasteiger partial charge in [0.1, 0.15) is 10.7 Å². The highest BCUT2D eigenvalue weighted by Gasteiger charge is 2.24. The Morgan fingerprint density at radius 2 is 2.07 bits per heavy atom. The molecule has 2 aromatic heterocycles. The molecule has 0 aliphatic carbocycles. The fourth-order valence-electron chi connectivity index (χ4n) is 3.50. The number of thiophene rings is 1. The number of halogens is 1. The van der Waals surface area contributed by atoms with Crippen molar-refractivity contribution in [1.82, 2.24) is 20.7 Å². The minimum Gasteiger partial charge on any atom is -0.340 e. The summed E-state index contributed by atoms with van der Waals surface area (Å²) < 4.78 is 1.04. The molecule has 3 aromatic rings. The van der Waals surface area contributed by atoms with E-state index in [1.807, 2.05) is 29.9 Å². The molecule has 2 N–H and O–H groups in total. The molecule has 0 saturated carbocycles. The molecule has 0 spiro atoms.